The van der Waals surface area contributed by atoms with Crippen molar-refractivity contribution in [2.24, 2.45) is 0 Å². The summed E-state index contributed by atoms with van der Waals surface area (Å²) in [5.41, 5.74) is -0.453. The predicted molar refractivity (Wildman–Crippen MR) is 158 cm³/mol. The van der Waals surface area contributed by atoms with Crippen molar-refractivity contribution < 1.29 is 31.2 Å². The maximum absolute atomic E-state index is 14.0. The lowest BCUT2D eigenvalue weighted by molar-refractivity contribution is -0.140. The SMILES string of the molecule is CC(C)NC(=O)[C@H](Cc1ccccc1)N(Cc1ccccc1Cl)C(=O)CN(c1ccc(Cl)c(C(F)(F)F)c1)S(C)(=O)=O. The Kier molecular flexibility index (Phi) is 10.9. The van der Waals surface area contributed by atoms with Gasteiger partial charge in [-0.1, -0.05) is 71.7 Å². The van der Waals surface area contributed by atoms with Crippen molar-refractivity contribution in [3.8, 4) is 0 Å². The molecule has 42 heavy (non-hydrogen) atoms. The van der Waals surface area contributed by atoms with Gasteiger partial charge >= 0.3 is 6.18 Å². The molecule has 1 atom stereocenters. The monoisotopic (exact) mass is 643 g/mol. The summed E-state index contributed by atoms with van der Waals surface area (Å²) < 4.78 is 67.0. The van der Waals surface area contributed by atoms with Gasteiger partial charge in [-0.2, -0.15) is 13.2 Å². The number of sulfonamides is 1. The second kappa shape index (κ2) is 13.8. The molecule has 0 aliphatic rings. The van der Waals surface area contributed by atoms with Crippen molar-refractivity contribution in [1.29, 1.82) is 0 Å². The summed E-state index contributed by atoms with van der Waals surface area (Å²) in [5.74, 6) is -1.32. The molecule has 1 N–H and O–H groups in total. The average molecular weight is 645 g/mol. The van der Waals surface area contributed by atoms with Crippen molar-refractivity contribution in [3.63, 3.8) is 0 Å². The summed E-state index contributed by atoms with van der Waals surface area (Å²) in [7, 11) is -4.28. The summed E-state index contributed by atoms with van der Waals surface area (Å²) in [5, 5.41) is 2.49. The highest BCUT2D eigenvalue weighted by Crippen LogP contribution is 2.37. The fourth-order valence-electron chi connectivity index (χ4n) is 4.24. The molecule has 0 aliphatic heterocycles. The van der Waals surface area contributed by atoms with E-state index >= 15 is 0 Å². The molecule has 0 fully saturated rings. The van der Waals surface area contributed by atoms with Gasteiger partial charge in [-0.05, 0) is 49.2 Å². The van der Waals surface area contributed by atoms with E-state index in [0.29, 0.717) is 21.0 Å². The molecule has 0 spiro atoms. The lowest BCUT2D eigenvalue weighted by atomic mass is 10.0. The molecule has 0 aliphatic carbocycles. The van der Waals surface area contributed by atoms with Crippen LogP contribution >= 0.6 is 23.2 Å². The quantitative estimate of drug-likeness (QED) is 0.280. The zero-order valence-electron chi connectivity index (χ0n) is 23.0. The first kappa shape index (κ1) is 33.2. The molecular weight excluding hydrogens is 614 g/mol. The number of amides is 2. The van der Waals surface area contributed by atoms with Crippen LogP contribution in [0.5, 0.6) is 0 Å². The molecule has 226 valence electrons. The fourth-order valence-corrected chi connectivity index (χ4v) is 5.51. The second-order valence-corrected chi connectivity index (χ2v) is 12.6. The van der Waals surface area contributed by atoms with E-state index < -0.39 is 56.9 Å². The number of rotatable bonds is 11. The zero-order valence-corrected chi connectivity index (χ0v) is 25.4. The Morgan fingerprint density at radius 1 is 0.929 bits per heavy atom. The highest BCUT2D eigenvalue weighted by atomic mass is 35.5. The third-order valence-electron chi connectivity index (χ3n) is 6.22. The zero-order chi connectivity index (χ0) is 31.2. The minimum absolute atomic E-state index is 0.0770. The van der Waals surface area contributed by atoms with E-state index in [9.17, 15) is 31.2 Å². The molecule has 0 aromatic heterocycles. The van der Waals surface area contributed by atoms with Gasteiger partial charge in [0, 0.05) is 24.0 Å². The molecule has 0 unspecified atom stereocenters. The first-order valence-corrected chi connectivity index (χ1v) is 15.4. The number of benzene rings is 3. The molecule has 2 amide bonds. The number of halogens is 5. The molecule has 0 heterocycles. The summed E-state index contributed by atoms with van der Waals surface area (Å²) in [4.78, 5) is 28.7. The van der Waals surface area contributed by atoms with Gasteiger partial charge in [-0.25, -0.2) is 8.42 Å². The van der Waals surface area contributed by atoms with Gasteiger partial charge in [0.1, 0.15) is 12.6 Å². The Bertz CT molecular complexity index is 1520. The largest absolute Gasteiger partial charge is 0.417 e. The molecule has 0 saturated carbocycles. The summed E-state index contributed by atoms with van der Waals surface area (Å²) in [6, 6.07) is 16.7. The van der Waals surface area contributed by atoms with Crippen molar-refractivity contribution in [2.45, 2.75) is 45.1 Å². The summed E-state index contributed by atoms with van der Waals surface area (Å²) >= 11 is 12.1. The Balaban J connectivity index is 2.11. The van der Waals surface area contributed by atoms with Gasteiger partial charge in [0.15, 0.2) is 0 Å². The van der Waals surface area contributed by atoms with Crippen LogP contribution in [-0.2, 0) is 38.8 Å². The van der Waals surface area contributed by atoms with Gasteiger partial charge < -0.3 is 10.2 Å². The van der Waals surface area contributed by atoms with Gasteiger partial charge in [-0.3, -0.25) is 13.9 Å². The number of nitrogens with one attached hydrogen (secondary N) is 1. The fraction of sp³-hybridized carbons (Fsp3) is 0.310. The third kappa shape index (κ3) is 8.86. The van der Waals surface area contributed by atoms with Crippen LogP contribution in [-0.4, -0.2) is 50.0 Å². The number of hydrogen-bond donors (Lipinski definition) is 1. The lowest BCUT2D eigenvalue weighted by Gasteiger charge is -2.34. The number of carbonyl (C=O) groups is 2. The van der Waals surface area contributed by atoms with Gasteiger partial charge in [0.2, 0.25) is 21.8 Å². The Hall–Kier alpha value is -3.28. The first-order chi connectivity index (χ1) is 19.6. The van der Waals surface area contributed by atoms with E-state index in [0.717, 1.165) is 24.0 Å². The van der Waals surface area contributed by atoms with Gasteiger partial charge in [-0.15, -0.1) is 0 Å². The van der Waals surface area contributed by atoms with Gasteiger partial charge in [0.25, 0.3) is 0 Å². The van der Waals surface area contributed by atoms with Crippen LogP contribution in [0.3, 0.4) is 0 Å². The highest BCUT2D eigenvalue weighted by Gasteiger charge is 2.36. The molecule has 7 nitrogen and oxygen atoms in total. The van der Waals surface area contributed by atoms with Crippen LogP contribution < -0.4 is 9.62 Å². The number of alkyl halides is 3. The smallest absolute Gasteiger partial charge is 0.352 e. The number of anilines is 1. The predicted octanol–water partition coefficient (Wildman–Crippen LogP) is 5.94. The number of carbonyl (C=O) groups excluding carboxylic acids is 2. The number of nitrogens with zero attached hydrogens (tertiary/aromatic N) is 2. The molecule has 0 saturated heterocycles. The molecule has 3 rings (SSSR count). The maximum Gasteiger partial charge on any atom is 0.417 e. The minimum atomic E-state index is -4.87. The van der Waals surface area contributed by atoms with Crippen LogP contribution in [0, 0.1) is 0 Å². The Morgan fingerprint density at radius 3 is 2.12 bits per heavy atom. The van der Waals surface area contributed by atoms with E-state index in [-0.39, 0.29) is 19.0 Å². The van der Waals surface area contributed by atoms with Crippen molar-refractivity contribution in [3.05, 3.63) is 99.5 Å². The second-order valence-electron chi connectivity index (χ2n) is 9.91. The standard InChI is InChI=1S/C29H30Cl2F3N3O4S/c1-19(2)35-28(39)26(15-20-9-5-4-6-10-20)36(17-21-11-7-8-12-24(21)30)27(38)18-37(42(3,40)41)22-13-14-25(31)23(16-22)29(32,33)34/h4-14,16,19,26H,15,17-18H2,1-3H3,(H,35,39)/t26-/m0/s1. The molecular formula is C29H30Cl2F3N3O4S. The highest BCUT2D eigenvalue weighted by molar-refractivity contribution is 7.92. The molecule has 13 heteroatoms. The normalized spacial score (nSPS) is 12.6. The average Bonchev–Trinajstić information content (AvgIpc) is 2.89. The van der Waals surface area contributed by atoms with Gasteiger partial charge in [0.05, 0.1) is 22.5 Å². The van der Waals surface area contributed by atoms with Crippen molar-refractivity contribution >= 4 is 50.7 Å². The molecule has 0 radical (unpaired) electrons. The van der Waals surface area contributed by atoms with Crippen LogP contribution in [0.1, 0.15) is 30.5 Å². The topological polar surface area (TPSA) is 86.8 Å². The molecule has 3 aromatic carbocycles. The lowest BCUT2D eigenvalue weighted by Crippen LogP contribution is -2.54. The van der Waals surface area contributed by atoms with E-state index in [2.05, 4.69) is 5.32 Å². The van der Waals surface area contributed by atoms with Crippen LogP contribution in [0.2, 0.25) is 10.0 Å². The summed E-state index contributed by atoms with van der Waals surface area (Å²) in [6.45, 7) is 2.44. The number of hydrogen-bond acceptors (Lipinski definition) is 4. The van der Waals surface area contributed by atoms with E-state index in [4.69, 9.17) is 23.2 Å². The first-order valence-electron chi connectivity index (χ1n) is 12.8. The van der Waals surface area contributed by atoms with Crippen LogP contribution in [0.4, 0.5) is 18.9 Å². The van der Waals surface area contributed by atoms with Crippen molar-refractivity contribution in [2.75, 3.05) is 17.1 Å². The molecule has 0 bridgehead atoms. The maximum atomic E-state index is 14.0. The Morgan fingerprint density at radius 2 is 1.55 bits per heavy atom. The van der Waals surface area contributed by atoms with Crippen LogP contribution in [0.25, 0.3) is 0 Å². The third-order valence-corrected chi connectivity index (χ3v) is 8.06. The van der Waals surface area contributed by atoms with E-state index in [1.54, 1.807) is 68.4 Å². The molecule has 3 aromatic rings. The minimum Gasteiger partial charge on any atom is -0.352 e. The Labute approximate surface area is 253 Å². The summed E-state index contributed by atoms with van der Waals surface area (Å²) in [6.07, 6.45) is -4.02. The van der Waals surface area contributed by atoms with Crippen molar-refractivity contribution in [1.82, 2.24) is 10.2 Å². The van der Waals surface area contributed by atoms with Crippen LogP contribution in [0.15, 0.2) is 72.8 Å². The van der Waals surface area contributed by atoms with E-state index in [1.165, 1.54) is 4.90 Å². The van der Waals surface area contributed by atoms with E-state index in [1.807, 2.05) is 0 Å².